The van der Waals surface area contributed by atoms with Crippen LogP contribution >= 0.6 is 22.3 Å². The topological polar surface area (TPSA) is 69.7 Å². The second-order valence-electron chi connectivity index (χ2n) is 4.05. The zero-order chi connectivity index (χ0) is 15.5. The molecule has 0 N–H and O–H groups in total. The van der Waals surface area contributed by atoms with Crippen LogP contribution in [0, 0.1) is 0 Å². The zero-order valence-corrected chi connectivity index (χ0v) is 13.5. The molecule has 0 amide bonds. The molecule has 0 radical (unpaired) electrons. The van der Waals surface area contributed by atoms with E-state index in [1.807, 2.05) is 6.92 Å². The minimum Gasteiger partial charge on any atom is -0.494 e. The summed E-state index contributed by atoms with van der Waals surface area (Å²) in [5, 5.41) is 0.0427. The molecule has 0 fully saturated rings. The normalized spacial score (nSPS) is 12.8. The number of benzene rings is 1. The van der Waals surface area contributed by atoms with Gasteiger partial charge in [-0.3, -0.25) is 0 Å². The standard InChI is InChI=1S/C12H14Cl2O5S/c1-4-7(2)19-12(15)9-5-8(13)6-10(11(9)18-3)20(14,16)17/h5-7H,4H2,1-3H3. The van der Waals surface area contributed by atoms with Gasteiger partial charge in [-0.1, -0.05) is 18.5 Å². The van der Waals surface area contributed by atoms with E-state index in [1.54, 1.807) is 6.92 Å². The molecule has 0 saturated heterocycles. The molecule has 0 saturated carbocycles. The maximum absolute atomic E-state index is 12.0. The Labute approximate surface area is 127 Å². The van der Waals surface area contributed by atoms with E-state index >= 15 is 0 Å². The van der Waals surface area contributed by atoms with Crippen molar-refractivity contribution in [1.29, 1.82) is 0 Å². The van der Waals surface area contributed by atoms with Crippen molar-refractivity contribution in [3.05, 3.63) is 22.7 Å². The van der Waals surface area contributed by atoms with Gasteiger partial charge in [-0.25, -0.2) is 13.2 Å². The van der Waals surface area contributed by atoms with Gasteiger partial charge in [0.25, 0.3) is 9.05 Å². The van der Waals surface area contributed by atoms with Crippen molar-refractivity contribution in [2.75, 3.05) is 7.11 Å². The van der Waals surface area contributed by atoms with Crippen LogP contribution < -0.4 is 4.74 Å². The summed E-state index contributed by atoms with van der Waals surface area (Å²) in [4.78, 5) is 11.7. The first-order valence-electron chi connectivity index (χ1n) is 5.73. The first-order valence-corrected chi connectivity index (χ1v) is 8.42. The number of hydrogen-bond donors (Lipinski definition) is 0. The van der Waals surface area contributed by atoms with Gasteiger partial charge in [0.2, 0.25) is 0 Å². The van der Waals surface area contributed by atoms with E-state index in [-0.39, 0.29) is 27.3 Å². The van der Waals surface area contributed by atoms with Gasteiger partial charge in [-0.2, -0.15) is 0 Å². The van der Waals surface area contributed by atoms with E-state index in [9.17, 15) is 13.2 Å². The van der Waals surface area contributed by atoms with Crippen molar-refractivity contribution in [2.24, 2.45) is 0 Å². The fraction of sp³-hybridized carbons (Fsp3) is 0.417. The minimum absolute atomic E-state index is 0.0427. The third-order valence-corrected chi connectivity index (χ3v) is 4.14. The highest BCUT2D eigenvalue weighted by Gasteiger charge is 2.25. The molecule has 0 heterocycles. The Bertz CT molecular complexity index is 613. The summed E-state index contributed by atoms with van der Waals surface area (Å²) in [5.74, 6) is -0.905. The van der Waals surface area contributed by atoms with Gasteiger partial charge >= 0.3 is 5.97 Å². The molecule has 8 heteroatoms. The van der Waals surface area contributed by atoms with Gasteiger partial charge in [0, 0.05) is 15.7 Å². The Morgan fingerprint density at radius 3 is 2.45 bits per heavy atom. The molecule has 1 unspecified atom stereocenters. The Hall–Kier alpha value is -0.980. The molecular formula is C12H14Cl2O5S. The molecule has 5 nitrogen and oxygen atoms in total. The highest BCUT2D eigenvalue weighted by molar-refractivity contribution is 8.13. The largest absolute Gasteiger partial charge is 0.494 e. The summed E-state index contributed by atoms with van der Waals surface area (Å²) in [6.07, 6.45) is 0.303. The Morgan fingerprint density at radius 1 is 1.40 bits per heavy atom. The van der Waals surface area contributed by atoms with Crippen LogP contribution in [-0.4, -0.2) is 27.6 Å². The molecule has 1 atom stereocenters. The van der Waals surface area contributed by atoms with Crippen LogP contribution in [0.2, 0.25) is 5.02 Å². The molecule has 0 aromatic heterocycles. The van der Waals surface area contributed by atoms with Crippen molar-refractivity contribution in [1.82, 2.24) is 0 Å². The van der Waals surface area contributed by atoms with Crippen molar-refractivity contribution in [3.8, 4) is 5.75 Å². The number of methoxy groups -OCH3 is 1. The third-order valence-electron chi connectivity index (χ3n) is 2.59. The minimum atomic E-state index is -4.10. The lowest BCUT2D eigenvalue weighted by Gasteiger charge is -2.15. The molecule has 0 spiro atoms. The summed E-state index contributed by atoms with van der Waals surface area (Å²) in [6.45, 7) is 3.57. The van der Waals surface area contributed by atoms with E-state index in [4.69, 9.17) is 31.8 Å². The van der Waals surface area contributed by atoms with E-state index in [2.05, 4.69) is 0 Å². The van der Waals surface area contributed by atoms with Gasteiger partial charge in [0.15, 0.2) is 5.75 Å². The highest BCUT2D eigenvalue weighted by atomic mass is 35.7. The van der Waals surface area contributed by atoms with Gasteiger partial charge in [-0.05, 0) is 25.5 Å². The van der Waals surface area contributed by atoms with Gasteiger partial charge in [-0.15, -0.1) is 0 Å². The number of halogens is 2. The number of carbonyl (C=O) groups excluding carboxylic acids is 1. The van der Waals surface area contributed by atoms with Crippen LogP contribution in [0.1, 0.15) is 30.6 Å². The molecule has 1 rings (SSSR count). The summed E-state index contributed by atoms with van der Waals surface area (Å²) in [7, 11) is 2.43. The van der Waals surface area contributed by atoms with Gasteiger partial charge in [0.05, 0.1) is 13.2 Å². The summed E-state index contributed by atoms with van der Waals surface area (Å²) in [5.41, 5.74) is -0.0838. The Balaban J connectivity index is 3.40. The Kier molecular flexibility index (Phi) is 5.68. The molecule has 1 aromatic rings. The molecule has 0 aliphatic carbocycles. The number of rotatable bonds is 5. The van der Waals surface area contributed by atoms with Crippen LogP contribution in [0.5, 0.6) is 5.75 Å². The molecule has 1 aromatic carbocycles. The lowest BCUT2D eigenvalue weighted by molar-refractivity contribution is 0.0330. The molecule has 0 bridgehead atoms. The van der Waals surface area contributed by atoms with Crippen molar-refractivity contribution in [3.63, 3.8) is 0 Å². The summed E-state index contributed by atoms with van der Waals surface area (Å²) in [6, 6.07) is 2.39. The van der Waals surface area contributed by atoms with Crippen molar-refractivity contribution in [2.45, 2.75) is 31.3 Å². The summed E-state index contributed by atoms with van der Waals surface area (Å²) < 4.78 is 33.1. The van der Waals surface area contributed by atoms with E-state index in [0.717, 1.165) is 6.07 Å². The summed E-state index contributed by atoms with van der Waals surface area (Å²) >= 11 is 5.81. The molecule has 0 aliphatic heterocycles. The van der Waals surface area contributed by atoms with Crippen LogP contribution in [0.25, 0.3) is 0 Å². The predicted molar refractivity (Wildman–Crippen MR) is 76.2 cm³/mol. The number of esters is 1. The quantitative estimate of drug-likeness (QED) is 0.607. The lowest BCUT2D eigenvalue weighted by Crippen LogP contribution is -2.15. The maximum Gasteiger partial charge on any atom is 0.342 e. The van der Waals surface area contributed by atoms with Gasteiger partial charge in [0.1, 0.15) is 10.5 Å². The fourth-order valence-electron chi connectivity index (χ4n) is 1.44. The van der Waals surface area contributed by atoms with Crippen molar-refractivity contribution >= 4 is 37.3 Å². The molecule has 0 aliphatic rings. The third kappa shape index (κ3) is 4.01. The average Bonchev–Trinajstić information content (AvgIpc) is 2.36. The highest BCUT2D eigenvalue weighted by Crippen LogP contribution is 2.34. The number of hydrogen-bond acceptors (Lipinski definition) is 5. The van der Waals surface area contributed by atoms with E-state index in [0.29, 0.717) is 6.42 Å². The maximum atomic E-state index is 12.0. The first kappa shape index (κ1) is 17.1. The van der Waals surface area contributed by atoms with Crippen LogP contribution in [-0.2, 0) is 13.8 Å². The van der Waals surface area contributed by atoms with Crippen LogP contribution in [0.4, 0.5) is 0 Å². The first-order chi connectivity index (χ1) is 9.20. The zero-order valence-electron chi connectivity index (χ0n) is 11.1. The average molecular weight is 341 g/mol. The van der Waals surface area contributed by atoms with Gasteiger partial charge < -0.3 is 9.47 Å². The number of ether oxygens (including phenoxy) is 2. The van der Waals surface area contributed by atoms with Crippen molar-refractivity contribution < 1.29 is 22.7 Å². The predicted octanol–water partition coefficient (Wildman–Crippen LogP) is 3.23. The molecule has 20 heavy (non-hydrogen) atoms. The molecular weight excluding hydrogens is 327 g/mol. The Morgan fingerprint density at radius 2 is 2.00 bits per heavy atom. The number of carbonyl (C=O) groups is 1. The molecule has 112 valence electrons. The monoisotopic (exact) mass is 340 g/mol. The smallest absolute Gasteiger partial charge is 0.342 e. The second kappa shape index (κ2) is 6.65. The second-order valence-corrected chi connectivity index (χ2v) is 7.02. The van der Waals surface area contributed by atoms with E-state index < -0.39 is 15.0 Å². The SMILES string of the molecule is CCC(C)OC(=O)c1cc(Cl)cc(S(=O)(=O)Cl)c1OC. The lowest BCUT2D eigenvalue weighted by atomic mass is 10.2. The van der Waals surface area contributed by atoms with Crippen LogP contribution in [0.15, 0.2) is 17.0 Å². The van der Waals surface area contributed by atoms with Crippen LogP contribution in [0.3, 0.4) is 0 Å². The van der Waals surface area contributed by atoms with E-state index in [1.165, 1.54) is 13.2 Å². The fourth-order valence-corrected chi connectivity index (χ4v) is 2.75.